The fourth-order valence-corrected chi connectivity index (χ4v) is 4.54. The monoisotopic (exact) mass is 557 g/mol. The Bertz CT molecular complexity index is 1600. The van der Waals surface area contributed by atoms with Crippen molar-refractivity contribution in [3.8, 4) is 17.2 Å². The summed E-state index contributed by atoms with van der Waals surface area (Å²) in [5.41, 5.74) is 2.69. The number of nitrogens with zero attached hydrogens (tertiary/aromatic N) is 1. The van der Waals surface area contributed by atoms with Crippen molar-refractivity contribution in [1.29, 1.82) is 0 Å². The molecule has 204 valence electrons. The first-order valence-electron chi connectivity index (χ1n) is 12.1. The van der Waals surface area contributed by atoms with E-state index < -0.39 is 6.09 Å². The molecule has 0 saturated heterocycles. The van der Waals surface area contributed by atoms with Gasteiger partial charge >= 0.3 is 6.09 Å². The maximum atomic E-state index is 12.0. The van der Waals surface area contributed by atoms with Crippen LogP contribution in [0.1, 0.15) is 15.9 Å². The van der Waals surface area contributed by atoms with E-state index in [2.05, 4.69) is 32.2 Å². The Morgan fingerprint density at radius 1 is 0.900 bits per heavy atom. The number of nitrogens with one attached hydrogen (secondary N) is 2. The number of carbonyl (C=O) groups is 2. The summed E-state index contributed by atoms with van der Waals surface area (Å²) in [5, 5.41) is 21.3. The summed E-state index contributed by atoms with van der Waals surface area (Å²) in [4.78, 5) is 32.8. The van der Waals surface area contributed by atoms with Crippen molar-refractivity contribution in [3.63, 3.8) is 0 Å². The van der Waals surface area contributed by atoms with Crippen molar-refractivity contribution in [3.05, 3.63) is 102 Å². The molecule has 5 rings (SSSR count). The molecule has 4 aromatic carbocycles. The first-order valence-corrected chi connectivity index (χ1v) is 12.9. The van der Waals surface area contributed by atoms with E-state index in [1.807, 2.05) is 36.4 Å². The molecule has 0 fully saturated rings. The van der Waals surface area contributed by atoms with E-state index in [-0.39, 0.29) is 29.3 Å². The van der Waals surface area contributed by atoms with Crippen LogP contribution >= 0.6 is 11.8 Å². The lowest BCUT2D eigenvalue weighted by atomic mass is 10.0. The van der Waals surface area contributed by atoms with Crippen LogP contribution in [0.2, 0.25) is 0 Å². The molecular formula is C30H27N3O6S. The van der Waals surface area contributed by atoms with Gasteiger partial charge in [-0.15, -0.1) is 0 Å². The normalized spacial score (nSPS) is 10.3. The molecule has 1 heterocycles. The summed E-state index contributed by atoms with van der Waals surface area (Å²) in [6, 6.07) is 27.2. The van der Waals surface area contributed by atoms with Crippen molar-refractivity contribution in [2.75, 3.05) is 19.5 Å². The molecule has 1 amide bonds. The third kappa shape index (κ3) is 7.55. The summed E-state index contributed by atoms with van der Waals surface area (Å²) in [7, 11) is 2.89. The van der Waals surface area contributed by atoms with Crippen LogP contribution < -0.4 is 10.1 Å². The van der Waals surface area contributed by atoms with Gasteiger partial charge in [0.1, 0.15) is 17.2 Å². The maximum Gasteiger partial charge on any atom is 0.413 e. The number of rotatable bonds is 7. The summed E-state index contributed by atoms with van der Waals surface area (Å²) in [6.07, 6.45) is -0.365. The van der Waals surface area contributed by atoms with Crippen molar-refractivity contribution in [2.24, 2.45) is 0 Å². The SMILES string of the molecule is COC(=O)Nc1nc2ccc(Sc3ccccc3)cc2[nH]1.COc1ccc(CC(=O)c2ccc(O)cc2O)cc1. The molecule has 10 heteroatoms. The van der Waals surface area contributed by atoms with Crippen molar-refractivity contribution in [1.82, 2.24) is 9.97 Å². The predicted octanol–water partition coefficient (Wildman–Crippen LogP) is 6.42. The van der Waals surface area contributed by atoms with Gasteiger partial charge in [-0.3, -0.25) is 10.1 Å². The Hall–Kier alpha value is -4.96. The Labute approximate surface area is 234 Å². The van der Waals surface area contributed by atoms with Gasteiger partial charge in [-0.05, 0) is 60.2 Å². The van der Waals surface area contributed by atoms with E-state index in [0.29, 0.717) is 5.95 Å². The molecule has 0 aliphatic rings. The molecule has 40 heavy (non-hydrogen) atoms. The third-order valence-electron chi connectivity index (χ3n) is 5.64. The number of imidazole rings is 1. The molecular weight excluding hydrogens is 530 g/mol. The van der Waals surface area contributed by atoms with Crippen LogP contribution in [0.4, 0.5) is 10.7 Å². The second-order valence-corrected chi connectivity index (χ2v) is 9.59. The highest BCUT2D eigenvalue weighted by atomic mass is 32.2. The van der Waals surface area contributed by atoms with Crippen LogP contribution in [0.25, 0.3) is 11.0 Å². The number of phenolic OH excluding ortho intramolecular Hbond substituents is 2. The van der Waals surface area contributed by atoms with E-state index in [0.717, 1.165) is 33.3 Å². The number of aromatic hydroxyl groups is 2. The van der Waals surface area contributed by atoms with Crippen LogP contribution in [-0.4, -0.2) is 46.3 Å². The molecule has 0 saturated carbocycles. The highest BCUT2D eigenvalue weighted by Crippen LogP contribution is 2.30. The molecule has 9 nitrogen and oxygen atoms in total. The van der Waals surface area contributed by atoms with Gasteiger partial charge in [-0.1, -0.05) is 42.1 Å². The van der Waals surface area contributed by atoms with Crippen molar-refractivity contribution in [2.45, 2.75) is 16.2 Å². The summed E-state index contributed by atoms with van der Waals surface area (Å²) in [5.74, 6) is 0.613. The lowest BCUT2D eigenvalue weighted by molar-refractivity contribution is 0.0990. The minimum atomic E-state index is -0.548. The smallest absolute Gasteiger partial charge is 0.413 e. The summed E-state index contributed by atoms with van der Waals surface area (Å²) >= 11 is 1.67. The topological polar surface area (TPSA) is 134 Å². The van der Waals surface area contributed by atoms with E-state index in [9.17, 15) is 19.8 Å². The fourth-order valence-electron chi connectivity index (χ4n) is 3.66. The van der Waals surface area contributed by atoms with Crippen LogP contribution in [-0.2, 0) is 11.2 Å². The lowest BCUT2D eigenvalue weighted by Gasteiger charge is -2.05. The third-order valence-corrected chi connectivity index (χ3v) is 6.64. The molecule has 5 aromatic rings. The Kier molecular flexibility index (Phi) is 9.27. The number of anilines is 1. The fraction of sp³-hybridized carbons (Fsp3) is 0.100. The van der Waals surface area contributed by atoms with Gasteiger partial charge in [0.2, 0.25) is 5.95 Å². The van der Waals surface area contributed by atoms with Crippen LogP contribution in [0, 0.1) is 0 Å². The molecule has 0 aliphatic heterocycles. The minimum Gasteiger partial charge on any atom is -0.508 e. The molecule has 4 N–H and O–H groups in total. The highest BCUT2D eigenvalue weighted by Gasteiger charge is 2.12. The second kappa shape index (κ2) is 13.2. The summed E-state index contributed by atoms with van der Waals surface area (Å²) in [6.45, 7) is 0. The number of methoxy groups -OCH3 is 2. The standard InChI is InChI=1S/C15H13N3O2S.C15H14O4/c1-20-15(19)18-14-16-12-8-7-11(9-13(12)17-14)21-10-5-3-2-4-6-10;1-19-12-5-2-10(3-6-12)8-14(17)13-7-4-11(16)9-15(13)18/h2-9H,1H3,(H2,16,17,18,19);2-7,9,16,18H,8H2,1H3. The first kappa shape index (κ1) is 28.1. The second-order valence-electron chi connectivity index (χ2n) is 8.45. The van der Waals surface area contributed by atoms with E-state index in [1.54, 1.807) is 43.1 Å². The zero-order valence-corrected chi connectivity index (χ0v) is 22.6. The quantitative estimate of drug-likeness (QED) is 0.168. The molecule has 0 spiro atoms. The number of ketones is 1. The van der Waals surface area contributed by atoms with Crippen molar-refractivity contribution >= 4 is 40.6 Å². The number of fused-ring (bicyclic) bond motifs is 1. The number of hydrogen-bond donors (Lipinski definition) is 4. The number of hydrogen-bond acceptors (Lipinski definition) is 8. The highest BCUT2D eigenvalue weighted by molar-refractivity contribution is 7.99. The number of amides is 1. The molecule has 0 radical (unpaired) electrons. The molecule has 1 aromatic heterocycles. The number of aromatic nitrogens is 2. The van der Waals surface area contributed by atoms with Gasteiger partial charge in [0.15, 0.2) is 5.78 Å². The number of ether oxygens (including phenoxy) is 2. The number of Topliss-reactive ketones (excluding diaryl/α,β-unsaturated/α-hetero) is 1. The van der Waals surface area contributed by atoms with Gasteiger partial charge in [-0.2, -0.15) is 0 Å². The average Bonchev–Trinajstić information content (AvgIpc) is 3.35. The zero-order chi connectivity index (χ0) is 28.5. The number of carbonyl (C=O) groups excluding carboxylic acids is 2. The van der Waals surface area contributed by atoms with E-state index in [4.69, 9.17) is 4.74 Å². The lowest BCUT2D eigenvalue weighted by Crippen LogP contribution is -2.11. The molecule has 0 atom stereocenters. The minimum absolute atomic E-state index is 0.0708. The Balaban J connectivity index is 0.000000186. The first-order chi connectivity index (χ1) is 19.3. The van der Waals surface area contributed by atoms with Crippen LogP contribution in [0.15, 0.2) is 101 Å². The molecule has 0 unspecified atom stereocenters. The Morgan fingerprint density at radius 2 is 1.65 bits per heavy atom. The number of aromatic amines is 1. The largest absolute Gasteiger partial charge is 0.508 e. The number of H-pyrrole nitrogens is 1. The average molecular weight is 558 g/mol. The van der Waals surface area contributed by atoms with E-state index in [1.165, 1.54) is 24.1 Å². The summed E-state index contributed by atoms with van der Waals surface area (Å²) < 4.78 is 9.58. The zero-order valence-electron chi connectivity index (χ0n) is 21.8. The van der Waals surface area contributed by atoms with Crippen LogP contribution in [0.3, 0.4) is 0 Å². The van der Waals surface area contributed by atoms with Gasteiger partial charge in [0.05, 0.1) is 30.8 Å². The van der Waals surface area contributed by atoms with Gasteiger partial charge in [-0.25, -0.2) is 9.78 Å². The molecule has 0 aliphatic carbocycles. The van der Waals surface area contributed by atoms with E-state index >= 15 is 0 Å². The van der Waals surface area contributed by atoms with Crippen molar-refractivity contribution < 1.29 is 29.3 Å². The number of phenols is 2. The van der Waals surface area contributed by atoms with Gasteiger partial charge in [0, 0.05) is 22.3 Å². The van der Waals surface area contributed by atoms with Gasteiger partial charge in [0.25, 0.3) is 0 Å². The maximum absolute atomic E-state index is 12.0. The van der Waals surface area contributed by atoms with Gasteiger partial charge < -0.3 is 24.7 Å². The molecule has 0 bridgehead atoms. The number of benzene rings is 4. The Morgan fingerprint density at radius 3 is 2.33 bits per heavy atom. The van der Waals surface area contributed by atoms with Crippen LogP contribution in [0.5, 0.6) is 17.2 Å². The predicted molar refractivity (Wildman–Crippen MR) is 153 cm³/mol.